The summed E-state index contributed by atoms with van der Waals surface area (Å²) in [6.45, 7) is 8.84. The highest BCUT2D eigenvalue weighted by molar-refractivity contribution is 5.85. The van der Waals surface area contributed by atoms with Gasteiger partial charge in [-0.1, -0.05) is 6.07 Å². The molecule has 8 nitrogen and oxygen atoms in total. The van der Waals surface area contributed by atoms with Crippen LogP contribution in [0, 0.1) is 20.8 Å². The van der Waals surface area contributed by atoms with Crippen molar-refractivity contribution < 1.29 is 14.3 Å². The first-order valence-corrected chi connectivity index (χ1v) is 9.80. The maximum Gasteiger partial charge on any atom is 0.252 e. The number of aromatic nitrogens is 4. The molecule has 30 heavy (non-hydrogen) atoms. The quantitative estimate of drug-likeness (QED) is 0.667. The zero-order chi connectivity index (χ0) is 20.5. The summed E-state index contributed by atoms with van der Waals surface area (Å²) in [5.41, 5.74) is 3.87. The molecule has 4 rings (SSSR count). The predicted molar refractivity (Wildman–Crippen MR) is 115 cm³/mol. The fraction of sp³-hybridized carbons (Fsp3) is 0.429. The zero-order valence-corrected chi connectivity index (χ0v) is 18.4. The lowest BCUT2D eigenvalue weighted by Crippen LogP contribution is -2.27. The SMILES string of the molecule is Cc1nc2nc(C)c(CCC(=O)NC(C)c3ccc4c(c3)OCCO4)c(C)n2n1.Cl. The number of benzene rings is 1. The molecule has 1 unspecified atom stereocenters. The van der Waals surface area contributed by atoms with Gasteiger partial charge < -0.3 is 14.8 Å². The van der Waals surface area contributed by atoms with Crippen molar-refractivity contribution in [2.24, 2.45) is 0 Å². The van der Waals surface area contributed by atoms with Gasteiger partial charge in [-0.3, -0.25) is 4.79 Å². The summed E-state index contributed by atoms with van der Waals surface area (Å²) in [5, 5.41) is 7.45. The van der Waals surface area contributed by atoms with Gasteiger partial charge >= 0.3 is 0 Å². The molecule has 0 aliphatic carbocycles. The first-order chi connectivity index (χ1) is 13.9. The molecule has 1 N–H and O–H groups in total. The minimum absolute atomic E-state index is 0. The van der Waals surface area contributed by atoms with Gasteiger partial charge in [0.15, 0.2) is 11.5 Å². The molecule has 1 amide bonds. The molecule has 1 aliphatic rings. The van der Waals surface area contributed by atoms with Gasteiger partial charge in [-0.05, 0) is 57.4 Å². The number of ether oxygens (including phenoxy) is 2. The first-order valence-electron chi connectivity index (χ1n) is 9.80. The number of carbonyl (C=O) groups is 1. The Morgan fingerprint density at radius 3 is 2.67 bits per heavy atom. The molecule has 2 aromatic heterocycles. The average Bonchev–Trinajstić information content (AvgIpc) is 3.07. The van der Waals surface area contributed by atoms with Crippen molar-refractivity contribution in [1.82, 2.24) is 24.9 Å². The zero-order valence-electron chi connectivity index (χ0n) is 17.6. The van der Waals surface area contributed by atoms with E-state index in [1.54, 1.807) is 4.52 Å². The number of hydrogen-bond donors (Lipinski definition) is 1. The van der Waals surface area contributed by atoms with Crippen LogP contribution in [-0.4, -0.2) is 38.7 Å². The third-order valence-corrected chi connectivity index (χ3v) is 5.20. The van der Waals surface area contributed by atoms with Crippen molar-refractivity contribution in [3.05, 3.63) is 46.5 Å². The second kappa shape index (κ2) is 8.87. The van der Waals surface area contributed by atoms with Gasteiger partial charge in [0.1, 0.15) is 19.0 Å². The molecule has 0 saturated carbocycles. The Kier molecular flexibility index (Phi) is 6.45. The molecule has 0 saturated heterocycles. The first kappa shape index (κ1) is 21.8. The molecule has 0 fully saturated rings. The lowest BCUT2D eigenvalue weighted by molar-refractivity contribution is -0.121. The van der Waals surface area contributed by atoms with E-state index in [0.717, 1.165) is 34.0 Å². The molecule has 1 aliphatic heterocycles. The molecule has 3 aromatic rings. The van der Waals surface area contributed by atoms with Gasteiger partial charge in [0.2, 0.25) is 5.91 Å². The second-order valence-electron chi connectivity index (χ2n) is 7.32. The van der Waals surface area contributed by atoms with Crippen LogP contribution in [-0.2, 0) is 11.2 Å². The number of aryl methyl sites for hydroxylation is 3. The highest BCUT2D eigenvalue weighted by atomic mass is 35.5. The van der Waals surface area contributed by atoms with E-state index >= 15 is 0 Å². The number of hydrogen-bond acceptors (Lipinski definition) is 6. The molecule has 0 radical (unpaired) electrons. The van der Waals surface area contributed by atoms with Crippen molar-refractivity contribution >= 4 is 24.1 Å². The molecule has 0 bridgehead atoms. The minimum atomic E-state index is -0.126. The van der Waals surface area contributed by atoms with E-state index in [-0.39, 0.29) is 24.4 Å². The van der Waals surface area contributed by atoms with Gasteiger partial charge in [-0.2, -0.15) is 10.1 Å². The maximum atomic E-state index is 12.6. The Balaban J connectivity index is 0.00000256. The summed E-state index contributed by atoms with van der Waals surface area (Å²) in [5.74, 6) is 2.74. The van der Waals surface area contributed by atoms with Crippen molar-refractivity contribution in [3.63, 3.8) is 0 Å². The van der Waals surface area contributed by atoms with E-state index in [4.69, 9.17) is 9.47 Å². The fourth-order valence-corrected chi connectivity index (χ4v) is 3.63. The molecule has 3 heterocycles. The van der Waals surface area contributed by atoms with Crippen molar-refractivity contribution in [1.29, 1.82) is 0 Å². The topological polar surface area (TPSA) is 90.6 Å². The van der Waals surface area contributed by atoms with Crippen LogP contribution in [0.1, 0.15) is 47.7 Å². The summed E-state index contributed by atoms with van der Waals surface area (Å²) in [7, 11) is 0. The number of carbonyl (C=O) groups excluding carboxylic acids is 1. The van der Waals surface area contributed by atoms with Crippen LogP contribution in [0.15, 0.2) is 18.2 Å². The molecular formula is C21H26ClN5O3. The standard InChI is InChI=1S/C21H25N5O3.ClH/c1-12(16-5-7-18-19(11-16)29-10-9-28-18)22-20(27)8-6-17-13(2)23-21-24-15(4)25-26(21)14(17)3;/h5,7,11-12H,6,8-10H2,1-4H3,(H,22,27);1H. The van der Waals surface area contributed by atoms with Crippen LogP contribution in [0.2, 0.25) is 0 Å². The second-order valence-corrected chi connectivity index (χ2v) is 7.32. The Labute approximate surface area is 181 Å². The number of amides is 1. The highest BCUT2D eigenvalue weighted by Gasteiger charge is 2.17. The minimum Gasteiger partial charge on any atom is -0.486 e. The van der Waals surface area contributed by atoms with Crippen LogP contribution in [0.3, 0.4) is 0 Å². The third kappa shape index (κ3) is 4.33. The van der Waals surface area contributed by atoms with E-state index in [1.807, 2.05) is 45.9 Å². The molecule has 1 atom stereocenters. The Morgan fingerprint density at radius 1 is 1.17 bits per heavy atom. The average molecular weight is 432 g/mol. The maximum absolute atomic E-state index is 12.6. The van der Waals surface area contributed by atoms with Gasteiger partial charge in [-0.25, -0.2) is 9.50 Å². The number of nitrogens with zero attached hydrogens (tertiary/aromatic N) is 4. The number of fused-ring (bicyclic) bond motifs is 2. The lowest BCUT2D eigenvalue weighted by atomic mass is 10.0. The summed E-state index contributed by atoms with van der Waals surface area (Å²) >= 11 is 0. The van der Waals surface area contributed by atoms with Crippen molar-refractivity contribution in [2.75, 3.05) is 13.2 Å². The lowest BCUT2D eigenvalue weighted by Gasteiger charge is -2.21. The third-order valence-electron chi connectivity index (χ3n) is 5.20. The normalized spacial score (nSPS) is 13.6. The van der Waals surface area contributed by atoms with E-state index in [9.17, 15) is 4.79 Å². The highest BCUT2D eigenvalue weighted by Crippen LogP contribution is 2.32. The van der Waals surface area contributed by atoms with Crippen molar-refractivity contribution in [3.8, 4) is 11.5 Å². The van der Waals surface area contributed by atoms with Gasteiger partial charge in [0.25, 0.3) is 5.78 Å². The summed E-state index contributed by atoms with van der Waals surface area (Å²) in [6.07, 6.45) is 0.969. The van der Waals surface area contributed by atoms with Crippen LogP contribution >= 0.6 is 12.4 Å². The largest absolute Gasteiger partial charge is 0.486 e. The Hall–Kier alpha value is -2.87. The van der Waals surface area contributed by atoms with Crippen LogP contribution in [0.5, 0.6) is 11.5 Å². The molecular weight excluding hydrogens is 406 g/mol. The Bertz CT molecular complexity index is 1080. The monoisotopic (exact) mass is 431 g/mol. The number of halogens is 1. The van der Waals surface area contributed by atoms with Crippen LogP contribution in [0.4, 0.5) is 0 Å². The Morgan fingerprint density at radius 2 is 1.90 bits per heavy atom. The van der Waals surface area contributed by atoms with E-state index in [0.29, 0.717) is 37.7 Å². The van der Waals surface area contributed by atoms with Crippen molar-refractivity contribution in [2.45, 2.75) is 46.6 Å². The number of rotatable bonds is 5. The number of nitrogens with one attached hydrogen (secondary N) is 1. The van der Waals surface area contributed by atoms with E-state index in [1.165, 1.54) is 0 Å². The van der Waals surface area contributed by atoms with Crippen LogP contribution < -0.4 is 14.8 Å². The van der Waals surface area contributed by atoms with Gasteiger partial charge in [0.05, 0.1) is 6.04 Å². The molecule has 0 spiro atoms. The smallest absolute Gasteiger partial charge is 0.252 e. The summed E-state index contributed by atoms with van der Waals surface area (Å²) in [4.78, 5) is 21.4. The summed E-state index contributed by atoms with van der Waals surface area (Å²) in [6, 6.07) is 5.65. The van der Waals surface area contributed by atoms with Gasteiger partial charge in [0, 0.05) is 17.8 Å². The van der Waals surface area contributed by atoms with Crippen LogP contribution in [0.25, 0.3) is 5.78 Å². The molecule has 160 valence electrons. The summed E-state index contributed by atoms with van der Waals surface area (Å²) < 4.78 is 12.9. The predicted octanol–water partition coefficient (Wildman–Crippen LogP) is 3.05. The molecule has 1 aromatic carbocycles. The molecule has 9 heteroatoms. The van der Waals surface area contributed by atoms with E-state index < -0.39 is 0 Å². The van der Waals surface area contributed by atoms with Gasteiger partial charge in [-0.15, -0.1) is 12.4 Å². The fourth-order valence-electron chi connectivity index (χ4n) is 3.63. The van der Waals surface area contributed by atoms with E-state index in [2.05, 4.69) is 20.4 Å².